The van der Waals surface area contributed by atoms with E-state index < -0.39 is 0 Å². The highest BCUT2D eigenvalue weighted by atomic mass is 16.5. The Morgan fingerprint density at radius 2 is 2.06 bits per heavy atom. The number of phenolic OH excluding ortho intramolecular Hbond substituents is 1. The van der Waals surface area contributed by atoms with Crippen molar-refractivity contribution in [1.82, 2.24) is 14.9 Å². The Kier molecular flexibility index (Phi) is 5.21. The Hall–Kier alpha value is -3.06. The first-order valence-electron chi connectivity index (χ1n) is 12.1. The lowest BCUT2D eigenvalue weighted by atomic mass is 10.0. The molecule has 3 N–H and O–H groups in total. The largest absolute Gasteiger partial charge is 0.508 e. The van der Waals surface area contributed by atoms with Gasteiger partial charge in [-0.1, -0.05) is 24.3 Å². The zero-order valence-electron chi connectivity index (χ0n) is 18.9. The summed E-state index contributed by atoms with van der Waals surface area (Å²) >= 11 is 0. The molecule has 1 saturated heterocycles. The number of aromatic hydroxyl groups is 1. The van der Waals surface area contributed by atoms with Crippen LogP contribution in [0.3, 0.4) is 0 Å². The van der Waals surface area contributed by atoms with Gasteiger partial charge >= 0.3 is 6.01 Å². The number of phenols is 1. The second-order valence-electron chi connectivity index (χ2n) is 9.70. The van der Waals surface area contributed by atoms with Crippen molar-refractivity contribution in [2.75, 3.05) is 36.9 Å². The van der Waals surface area contributed by atoms with Gasteiger partial charge in [0.05, 0.1) is 18.8 Å². The molecule has 2 fully saturated rings. The molecule has 2 aromatic carbocycles. The van der Waals surface area contributed by atoms with E-state index in [2.05, 4.69) is 20.9 Å². The van der Waals surface area contributed by atoms with Crippen molar-refractivity contribution in [2.24, 2.45) is 5.92 Å². The first-order chi connectivity index (χ1) is 16.1. The number of nitrogens with zero attached hydrogens (tertiary/aromatic N) is 4. The molecule has 33 heavy (non-hydrogen) atoms. The Bertz CT molecular complexity index is 1180. The van der Waals surface area contributed by atoms with Crippen LogP contribution in [0, 0.1) is 5.92 Å². The number of piperidine rings is 1. The number of ether oxygens (including phenoxy) is 1. The molecule has 3 aromatic rings. The number of fused-ring (bicyclic) bond motifs is 4. The Labute approximate surface area is 194 Å². The van der Waals surface area contributed by atoms with Gasteiger partial charge in [0.15, 0.2) is 0 Å². The molecule has 7 heteroatoms. The van der Waals surface area contributed by atoms with Crippen LogP contribution in [0.4, 0.5) is 11.5 Å². The fourth-order valence-corrected chi connectivity index (χ4v) is 5.97. The molecule has 6 rings (SSSR count). The third-order valence-electron chi connectivity index (χ3n) is 7.59. The smallest absolute Gasteiger partial charge is 0.318 e. The van der Waals surface area contributed by atoms with E-state index >= 15 is 0 Å². The second kappa shape index (κ2) is 8.37. The molecule has 7 nitrogen and oxygen atoms in total. The zero-order chi connectivity index (χ0) is 22.4. The molecule has 1 aromatic heterocycles. The maximum Gasteiger partial charge on any atom is 0.318 e. The second-order valence-corrected chi connectivity index (χ2v) is 9.70. The summed E-state index contributed by atoms with van der Waals surface area (Å²) in [4.78, 5) is 14.0. The standard InChI is InChI=1S/C26H31N5O2/c27-25-22-8-10-31(24-14-20(32)13-18-4-1-2-5-21(18)24)16-23(22)28-26(29-25)33-11-3-9-30-15-17-6-7-19(30)12-17/h1-2,4-5,13-14,17,19,32H,3,6-12,15-16H2,(H2,27,28,29)/t17-,19+/m0/s1. The number of aromatic nitrogens is 2. The third kappa shape index (κ3) is 3.95. The molecule has 2 atom stereocenters. The Morgan fingerprint density at radius 1 is 1.15 bits per heavy atom. The van der Waals surface area contributed by atoms with Gasteiger partial charge in [0.1, 0.15) is 11.6 Å². The number of likely N-dealkylation sites (tertiary alicyclic amines) is 1. The summed E-state index contributed by atoms with van der Waals surface area (Å²) in [6.45, 7) is 4.36. The predicted molar refractivity (Wildman–Crippen MR) is 130 cm³/mol. The summed E-state index contributed by atoms with van der Waals surface area (Å²) in [6.07, 6.45) is 5.90. The molecule has 2 aliphatic heterocycles. The van der Waals surface area contributed by atoms with Crippen LogP contribution in [0.25, 0.3) is 10.8 Å². The quantitative estimate of drug-likeness (QED) is 0.559. The summed E-state index contributed by atoms with van der Waals surface area (Å²) in [5.41, 5.74) is 9.22. The molecule has 172 valence electrons. The van der Waals surface area contributed by atoms with Crippen molar-refractivity contribution in [3.05, 3.63) is 47.7 Å². The normalized spacial score (nSPS) is 22.1. The lowest BCUT2D eigenvalue weighted by molar-refractivity contribution is 0.189. The number of rotatable bonds is 6. The molecule has 3 heterocycles. The van der Waals surface area contributed by atoms with Gasteiger partial charge in [-0.05, 0) is 49.5 Å². The van der Waals surface area contributed by atoms with E-state index in [9.17, 15) is 5.11 Å². The monoisotopic (exact) mass is 445 g/mol. The van der Waals surface area contributed by atoms with Crippen molar-refractivity contribution in [1.29, 1.82) is 0 Å². The molecule has 0 radical (unpaired) electrons. The van der Waals surface area contributed by atoms with Gasteiger partial charge < -0.3 is 20.5 Å². The summed E-state index contributed by atoms with van der Waals surface area (Å²) in [7, 11) is 0. The lowest BCUT2D eigenvalue weighted by Gasteiger charge is -2.31. The molecular formula is C26H31N5O2. The highest BCUT2D eigenvalue weighted by Crippen LogP contribution is 2.37. The van der Waals surface area contributed by atoms with Crippen LogP contribution < -0.4 is 15.4 Å². The topological polar surface area (TPSA) is 87.7 Å². The van der Waals surface area contributed by atoms with Gasteiger partial charge in [0.2, 0.25) is 0 Å². The number of hydrogen-bond donors (Lipinski definition) is 2. The van der Waals surface area contributed by atoms with Crippen LogP contribution in [0.2, 0.25) is 0 Å². The van der Waals surface area contributed by atoms with Gasteiger partial charge in [-0.2, -0.15) is 9.97 Å². The van der Waals surface area contributed by atoms with Crippen molar-refractivity contribution < 1.29 is 9.84 Å². The number of benzene rings is 2. The van der Waals surface area contributed by atoms with Crippen molar-refractivity contribution >= 4 is 22.3 Å². The van der Waals surface area contributed by atoms with Crippen LogP contribution in [0.5, 0.6) is 11.8 Å². The van der Waals surface area contributed by atoms with Crippen LogP contribution >= 0.6 is 0 Å². The van der Waals surface area contributed by atoms with Crippen LogP contribution in [-0.4, -0.2) is 52.3 Å². The van der Waals surface area contributed by atoms with Crippen molar-refractivity contribution in [3.8, 4) is 11.8 Å². The molecular weight excluding hydrogens is 414 g/mol. The van der Waals surface area contributed by atoms with E-state index in [1.54, 1.807) is 6.07 Å². The summed E-state index contributed by atoms with van der Waals surface area (Å²) in [5.74, 6) is 1.71. The molecule has 0 unspecified atom stereocenters. The minimum absolute atomic E-state index is 0.270. The number of hydrogen-bond acceptors (Lipinski definition) is 7. The molecule has 2 bridgehead atoms. The molecule has 3 aliphatic rings. The van der Waals surface area contributed by atoms with E-state index in [0.29, 0.717) is 25.0 Å². The number of anilines is 2. The lowest BCUT2D eigenvalue weighted by Crippen LogP contribution is -2.33. The minimum atomic E-state index is 0.270. The number of nitrogen functional groups attached to an aromatic ring is 1. The molecule has 0 spiro atoms. The van der Waals surface area contributed by atoms with Gasteiger partial charge in [-0.15, -0.1) is 0 Å². The fraction of sp³-hybridized carbons (Fsp3) is 0.462. The molecule has 0 amide bonds. The average Bonchev–Trinajstić information content (AvgIpc) is 3.44. The van der Waals surface area contributed by atoms with Crippen molar-refractivity contribution in [2.45, 2.75) is 44.7 Å². The Balaban J connectivity index is 1.15. The van der Waals surface area contributed by atoms with E-state index in [1.165, 1.54) is 25.8 Å². The highest BCUT2D eigenvalue weighted by molar-refractivity contribution is 5.95. The van der Waals surface area contributed by atoms with E-state index in [4.69, 9.17) is 15.5 Å². The Morgan fingerprint density at radius 3 is 2.91 bits per heavy atom. The van der Waals surface area contributed by atoms with Gasteiger partial charge in [-0.25, -0.2) is 0 Å². The maximum atomic E-state index is 10.3. The fourth-order valence-electron chi connectivity index (χ4n) is 5.97. The average molecular weight is 446 g/mol. The van der Waals surface area contributed by atoms with E-state index in [-0.39, 0.29) is 5.75 Å². The molecule has 1 saturated carbocycles. The summed E-state index contributed by atoms with van der Waals surface area (Å²) < 4.78 is 5.94. The van der Waals surface area contributed by atoms with E-state index in [0.717, 1.165) is 65.6 Å². The summed E-state index contributed by atoms with van der Waals surface area (Å²) in [6, 6.07) is 12.9. The third-order valence-corrected chi connectivity index (χ3v) is 7.59. The molecule has 1 aliphatic carbocycles. The van der Waals surface area contributed by atoms with Crippen LogP contribution in [-0.2, 0) is 13.0 Å². The first-order valence-corrected chi connectivity index (χ1v) is 12.1. The minimum Gasteiger partial charge on any atom is -0.508 e. The highest BCUT2D eigenvalue weighted by Gasteiger charge is 2.37. The van der Waals surface area contributed by atoms with Gasteiger partial charge in [0.25, 0.3) is 0 Å². The van der Waals surface area contributed by atoms with E-state index in [1.807, 2.05) is 24.3 Å². The van der Waals surface area contributed by atoms with Crippen molar-refractivity contribution in [3.63, 3.8) is 0 Å². The SMILES string of the molecule is Nc1nc(OCCCN2C[C@H]3CC[C@@H]2C3)nc2c1CCN(c1cc(O)cc3ccccc13)C2. The number of nitrogens with two attached hydrogens (primary N) is 1. The van der Waals surface area contributed by atoms with Gasteiger partial charge in [-0.3, -0.25) is 4.90 Å². The van der Waals surface area contributed by atoms with Crippen LogP contribution in [0.1, 0.15) is 36.9 Å². The maximum absolute atomic E-state index is 10.3. The van der Waals surface area contributed by atoms with Gasteiger partial charge in [0, 0.05) is 48.4 Å². The first kappa shape index (κ1) is 20.5. The zero-order valence-corrected chi connectivity index (χ0v) is 18.9. The summed E-state index contributed by atoms with van der Waals surface area (Å²) in [5, 5.41) is 12.4. The van der Waals surface area contributed by atoms with Crippen LogP contribution in [0.15, 0.2) is 36.4 Å². The predicted octanol–water partition coefficient (Wildman–Crippen LogP) is 3.73.